The summed E-state index contributed by atoms with van der Waals surface area (Å²) in [5.41, 5.74) is 4.44. The van der Waals surface area contributed by atoms with Crippen LogP contribution >= 0.6 is 0 Å². The molecule has 2 aromatic rings. The molecule has 0 spiro atoms. The standard InChI is InChI=1S/C27H32N2O6/c1-2-15-34-18-13-14-29(16-18)26(32)24(11-12-25(30)31)28-27(33)35-17-23-21-9-5-3-7-19(21)20-8-4-6-10-22(20)23/h3-10,18,23-24H,2,11-17H2,1H3,(H,28,33)(H,30,31). The van der Waals surface area contributed by atoms with Crippen LogP contribution in [0.15, 0.2) is 48.5 Å². The van der Waals surface area contributed by atoms with Crippen LogP contribution in [0.5, 0.6) is 0 Å². The second-order valence-corrected chi connectivity index (χ2v) is 9.02. The smallest absolute Gasteiger partial charge is 0.407 e. The van der Waals surface area contributed by atoms with Crippen molar-refractivity contribution in [1.82, 2.24) is 10.2 Å². The van der Waals surface area contributed by atoms with E-state index in [1.54, 1.807) is 4.90 Å². The monoisotopic (exact) mass is 480 g/mol. The molecule has 8 heteroatoms. The highest BCUT2D eigenvalue weighted by atomic mass is 16.5. The second kappa shape index (κ2) is 11.4. The van der Waals surface area contributed by atoms with Crippen LogP contribution < -0.4 is 5.32 Å². The number of alkyl carbamates (subject to hydrolysis) is 1. The van der Waals surface area contributed by atoms with Gasteiger partial charge in [0, 0.05) is 32.0 Å². The van der Waals surface area contributed by atoms with Crippen LogP contribution in [0.25, 0.3) is 11.1 Å². The summed E-state index contributed by atoms with van der Waals surface area (Å²) in [6, 6.07) is 15.1. The lowest BCUT2D eigenvalue weighted by Crippen LogP contribution is -2.48. The van der Waals surface area contributed by atoms with E-state index in [0.29, 0.717) is 19.7 Å². The molecule has 1 fully saturated rings. The SMILES string of the molecule is CCCOC1CCN(C(=O)C(CCC(=O)O)NC(=O)OCC2c3ccccc3-c3ccccc32)C1. The third-order valence-corrected chi connectivity index (χ3v) is 6.60. The fourth-order valence-electron chi connectivity index (χ4n) is 4.88. The Hall–Kier alpha value is -3.39. The molecule has 0 saturated carbocycles. The number of aliphatic carboxylic acids is 1. The number of nitrogens with one attached hydrogen (secondary N) is 1. The zero-order valence-electron chi connectivity index (χ0n) is 19.9. The molecule has 2 aliphatic rings. The Labute approximate surface area is 205 Å². The maximum absolute atomic E-state index is 13.1. The van der Waals surface area contributed by atoms with Gasteiger partial charge in [0.25, 0.3) is 0 Å². The molecule has 4 rings (SSSR count). The predicted molar refractivity (Wildman–Crippen MR) is 130 cm³/mol. The number of carbonyl (C=O) groups excluding carboxylic acids is 2. The number of likely N-dealkylation sites (tertiary alicyclic amines) is 1. The summed E-state index contributed by atoms with van der Waals surface area (Å²) in [5, 5.41) is 11.7. The van der Waals surface area contributed by atoms with Gasteiger partial charge in [-0.2, -0.15) is 0 Å². The summed E-state index contributed by atoms with van der Waals surface area (Å²) in [7, 11) is 0. The Balaban J connectivity index is 1.39. The molecule has 0 radical (unpaired) electrons. The minimum Gasteiger partial charge on any atom is -0.481 e. The average molecular weight is 481 g/mol. The van der Waals surface area contributed by atoms with Gasteiger partial charge in [-0.25, -0.2) is 4.79 Å². The van der Waals surface area contributed by atoms with E-state index in [-0.39, 0.29) is 37.4 Å². The number of carbonyl (C=O) groups is 3. The Kier molecular flexibility index (Phi) is 8.02. The quantitative estimate of drug-likeness (QED) is 0.536. The topological polar surface area (TPSA) is 105 Å². The highest BCUT2D eigenvalue weighted by Gasteiger charge is 2.33. The van der Waals surface area contributed by atoms with Crippen molar-refractivity contribution in [3.8, 4) is 11.1 Å². The minimum absolute atomic E-state index is 0.00462. The first-order valence-corrected chi connectivity index (χ1v) is 12.2. The van der Waals surface area contributed by atoms with Crippen molar-refractivity contribution in [1.29, 1.82) is 0 Å². The van der Waals surface area contributed by atoms with Crippen molar-refractivity contribution in [3.05, 3.63) is 59.7 Å². The number of carboxylic acids is 1. The Bertz CT molecular complexity index is 1030. The van der Waals surface area contributed by atoms with Crippen LogP contribution in [0.3, 0.4) is 0 Å². The number of hydrogen-bond donors (Lipinski definition) is 2. The highest BCUT2D eigenvalue weighted by molar-refractivity contribution is 5.86. The molecular formula is C27H32N2O6. The summed E-state index contributed by atoms with van der Waals surface area (Å²) in [4.78, 5) is 38.6. The van der Waals surface area contributed by atoms with Gasteiger partial charge < -0.3 is 24.8 Å². The Morgan fingerprint density at radius 2 is 1.74 bits per heavy atom. The summed E-state index contributed by atoms with van der Waals surface area (Å²) >= 11 is 0. The Morgan fingerprint density at radius 1 is 1.09 bits per heavy atom. The second-order valence-electron chi connectivity index (χ2n) is 9.02. The normalized spacial score (nSPS) is 17.5. The fourth-order valence-corrected chi connectivity index (χ4v) is 4.88. The molecule has 0 bridgehead atoms. The molecular weight excluding hydrogens is 448 g/mol. The molecule has 2 amide bonds. The lowest BCUT2D eigenvalue weighted by Gasteiger charge is -2.24. The molecule has 2 unspecified atom stereocenters. The number of ether oxygens (including phenoxy) is 2. The molecule has 1 aliphatic carbocycles. The summed E-state index contributed by atoms with van der Waals surface area (Å²) in [5.74, 6) is -1.43. The molecule has 1 saturated heterocycles. The van der Waals surface area contributed by atoms with Crippen LogP contribution in [-0.2, 0) is 19.1 Å². The Morgan fingerprint density at radius 3 is 2.37 bits per heavy atom. The van der Waals surface area contributed by atoms with Crippen LogP contribution in [0.2, 0.25) is 0 Å². The number of amides is 2. The third kappa shape index (κ3) is 5.82. The van der Waals surface area contributed by atoms with Crippen LogP contribution in [0, 0.1) is 0 Å². The van der Waals surface area contributed by atoms with Gasteiger partial charge in [-0.3, -0.25) is 9.59 Å². The van der Waals surface area contributed by atoms with Gasteiger partial charge in [-0.1, -0.05) is 55.5 Å². The van der Waals surface area contributed by atoms with E-state index in [1.165, 1.54) is 0 Å². The first-order chi connectivity index (χ1) is 17.0. The number of hydrogen-bond acceptors (Lipinski definition) is 5. The van der Waals surface area contributed by atoms with E-state index in [9.17, 15) is 14.4 Å². The van der Waals surface area contributed by atoms with Gasteiger partial charge in [-0.15, -0.1) is 0 Å². The van der Waals surface area contributed by atoms with Gasteiger partial charge in [0.1, 0.15) is 12.6 Å². The number of rotatable bonds is 10. The molecule has 2 aromatic carbocycles. The number of benzene rings is 2. The number of fused-ring (bicyclic) bond motifs is 3. The molecule has 186 valence electrons. The van der Waals surface area contributed by atoms with Crippen molar-refractivity contribution in [2.45, 2.75) is 50.7 Å². The first kappa shape index (κ1) is 24.7. The third-order valence-electron chi connectivity index (χ3n) is 6.60. The maximum atomic E-state index is 13.1. The van der Waals surface area contributed by atoms with Crippen molar-refractivity contribution in [3.63, 3.8) is 0 Å². The molecule has 1 aliphatic heterocycles. The van der Waals surface area contributed by atoms with E-state index in [0.717, 1.165) is 35.1 Å². The van der Waals surface area contributed by atoms with Crippen molar-refractivity contribution in [2.24, 2.45) is 0 Å². The van der Waals surface area contributed by atoms with Gasteiger partial charge in [0.2, 0.25) is 5.91 Å². The zero-order valence-corrected chi connectivity index (χ0v) is 19.9. The predicted octanol–water partition coefficient (Wildman–Crippen LogP) is 3.79. The van der Waals surface area contributed by atoms with E-state index in [4.69, 9.17) is 14.6 Å². The number of nitrogens with zero attached hydrogens (tertiary/aromatic N) is 1. The maximum Gasteiger partial charge on any atom is 0.407 e. The first-order valence-electron chi connectivity index (χ1n) is 12.2. The van der Waals surface area contributed by atoms with Gasteiger partial charge in [0.15, 0.2) is 0 Å². The summed E-state index contributed by atoms with van der Waals surface area (Å²) < 4.78 is 11.3. The molecule has 0 aromatic heterocycles. The van der Waals surface area contributed by atoms with Crippen LogP contribution in [-0.4, -0.2) is 66.4 Å². The van der Waals surface area contributed by atoms with E-state index in [2.05, 4.69) is 17.4 Å². The van der Waals surface area contributed by atoms with E-state index >= 15 is 0 Å². The van der Waals surface area contributed by atoms with Gasteiger partial charge in [-0.05, 0) is 41.5 Å². The summed E-state index contributed by atoms with van der Waals surface area (Å²) in [6.07, 6.45) is 0.623. The summed E-state index contributed by atoms with van der Waals surface area (Å²) in [6.45, 7) is 3.74. The molecule has 2 N–H and O–H groups in total. The van der Waals surface area contributed by atoms with Crippen molar-refractivity contribution < 1.29 is 29.0 Å². The van der Waals surface area contributed by atoms with Crippen LogP contribution in [0.4, 0.5) is 4.79 Å². The molecule has 35 heavy (non-hydrogen) atoms. The van der Waals surface area contributed by atoms with Crippen molar-refractivity contribution >= 4 is 18.0 Å². The van der Waals surface area contributed by atoms with E-state index in [1.807, 2.05) is 43.3 Å². The average Bonchev–Trinajstić information content (AvgIpc) is 3.46. The van der Waals surface area contributed by atoms with Crippen molar-refractivity contribution in [2.75, 3.05) is 26.3 Å². The van der Waals surface area contributed by atoms with Crippen LogP contribution in [0.1, 0.15) is 49.7 Å². The molecule has 2 atom stereocenters. The minimum atomic E-state index is -1.03. The largest absolute Gasteiger partial charge is 0.481 e. The van der Waals surface area contributed by atoms with Gasteiger partial charge >= 0.3 is 12.1 Å². The molecule has 8 nitrogen and oxygen atoms in total. The fraction of sp³-hybridized carbons (Fsp3) is 0.444. The lowest BCUT2D eigenvalue weighted by atomic mass is 9.98. The highest BCUT2D eigenvalue weighted by Crippen LogP contribution is 2.44. The van der Waals surface area contributed by atoms with E-state index < -0.39 is 18.1 Å². The van der Waals surface area contributed by atoms with Gasteiger partial charge in [0.05, 0.1) is 6.10 Å². The number of carboxylic acid groups (broad SMARTS) is 1. The molecule has 1 heterocycles. The zero-order chi connectivity index (χ0) is 24.8. The lowest BCUT2D eigenvalue weighted by molar-refractivity contribution is -0.138.